The molecule has 0 aliphatic rings. The van der Waals surface area contributed by atoms with E-state index < -0.39 is 182 Å². The molecule has 0 radical (unpaired) electrons. The fourth-order valence-electron chi connectivity index (χ4n) is 12.6. The van der Waals surface area contributed by atoms with Crippen LogP contribution in [0.25, 0.3) is 0 Å². The molecule has 0 atom stereocenters. The van der Waals surface area contributed by atoms with Gasteiger partial charge in [-0.1, -0.05) is 54.6 Å². The molecule has 0 fully saturated rings. The van der Waals surface area contributed by atoms with Gasteiger partial charge in [-0.05, 0) is 36.4 Å². The molecule has 0 saturated heterocycles. The molecule has 0 bridgehead atoms. The average molecular weight is 1860 g/mol. The quantitative estimate of drug-likeness (QED) is 0.0120. The first-order valence-electron chi connectivity index (χ1n) is 36.2. The summed E-state index contributed by atoms with van der Waals surface area (Å²) in [5.74, 6) is -65.0. The molecule has 124 heavy (non-hydrogen) atoms. The number of hydrogen-bond acceptors (Lipinski definition) is 12. The first-order valence-corrected chi connectivity index (χ1v) is 38.8. The van der Waals surface area contributed by atoms with Gasteiger partial charge in [-0.25, -0.2) is 70.2 Å². The molecule has 10 rings (SSSR count). The Hall–Kier alpha value is -10.6. The molecule has 10 aromatic carbocycles. The summed E-state index contributed by atoms with van der Waals surface area (Å²) in [6.07, 6.45) is -39.5. The van der Waals surface area contributed by atoms with Gasteiger partial charge in [0.15, 0.2) is 69.8 Å². The fraction of sp³-hybridized carbons (Fsp3) is 0.268. The summed E-state index contributed by atoms with van der Waals surface area (Å²) in [5, 5.41) is 0. The van der Waals surface area contributed by atoms with Crippen LogP contribution in [0, 0.1) is 93.1 Å². The summed E-state index contributed by atoms with van der Waals surface area (Å²) < 4.78 is 492. The van der Waals surface area contributed by atoms with Crippen molar-refractivity contribution in [1.82, 2.24) is 0 Å². The van der Waals surface area contributed by atoms with Crippen LogP contribution in [-0.4, -0.2) is 139 Å². The molecule has 42 heteroatoms. The van der Waals surface area contributed by atoms with Gasteiger partial charge >= 0.3 is 318 Å². The van der Waals surface area contributed by atoms with Gasteiger partial charge in [0.05, 0.1) is 22.3 Å². The molecular weight excluding hydrogens is 1800 g/mol. The minimum Gasteiger partial charge on any atom is -0.0620 e. The second kappa shape index (κ2) is 43.8. The van der Waals surface area contributed by atoms with E-state index in [9.17, 15) is 87.8 Å². The SMILES string of the molecule is Fc1c(F)c(F)c(C(F)(F)F)c([B-](c2c(F)c(F)c(F)c(F)c2C(F)(F)F)(c2c(F)c(F)c(F)c(F)c2C(F)(F)F)c2c(F)c(F)c(F)c(F)c2C(F)(F)F)c1F.c1ccc(OCCOCCOCCOc2ccccc2[Se+](c2ccccc2OCCOCCOCCOc2ccccc2)c2ccccc2OCCOCCOCCOc2ccccc2)cc1. The molecule has 0 aliphatic heterocycles. The molecule has 0 unspecified atom stereocenters. The molecule has 0 amide bonds. The van der Waals surface area contributed by atoms with E-state index in [1.54, 1.807) is 0 Å². The van der Waals surface area contributed by atoms with Gasteiger partial charge in [0, 0.05) is 0 Å². The van der Waals surface area contributed by atoms with Crippen LogP contribution in [0.3, 0.4) is 0 Å². The number of rotatable bonds is 40. The Kier molecular flexibility index (Phi) is 34.3. The third-order valence-electron chi connectivity index (χ3n) is 17.6. The maximum atomic E-state index is 16.0. The predicted octanol–water partition coefficient (Wildman–Crippen LogP) is 16.0. The third-order valence-corrected chi connectivity index (χ3v) is 22.5. The average Bonchev–Trinajstić information content (AvgIpc) is 0.666. The second-order valence-electron chi connectivity index (χ2n) is 25.4. The molecule has 668 valence electrons. The molecular formula is C82H63BF28O12Se. The van der Waals surface area contributed by atoms with E-state index in [0.717, 1.165) is 47.9 Å². The zero-order valence-corrected chi connectivity index (χ0v) is 65.0. The van der Waals surface area contributed by atoms with Crippen molar-refractivity contribution in [1.29, 1.82) is 0 Å². The minimum atomic E-state index is -8.89. The zero-order chi connectivity index (χ0) is 90.4. The van der Waals surface area contributed by atoms with Crippen LogP contribution in [-0.2, 0) is 53.1 Å². The number of hydrogen-bond donors (Lipinski definition) is 0. The van der Waals surface area contributed by atoms with E-state index in [4.69, 9.17) is 56.8 Å². The zero-order valence-electron chi connectivity index (χ0n) is 63.3. The van der Waals surface area contributed by atoms with E-state index in [1.165, 1.54) is 0 Å². The molecule has 0 saturated carbocycles. The van der Waals surface area contributed by atoms with Crippen LogP contribution in [0.4, 0.5) is 123 Å². The summed E-state index contributed by atoms with van der Waals surface area (Å²) in [6.45, 7) is 7.90. The normalized spacial score (nSPS) is 12.1. The molecule has 12 nitrogen and oxygen atoms in total. The number of ether oxygens (including phenoxy) is 12. The van der Waals surface area contributed by atoms with E-state index >= 15 is 35.1 Å². The standard InChI is InChI=1S/C54H63O12Se.C28BF28/c1-4-16-46(17-5-1)61-40-34-55-28-31-58-37-43-64-49-22-10-13-25-52(49)67(53-26-14-11-23-50(53)65-44-38-59-32-29-56-35-41-62-47-18-6-2-7-19-47)54-27-15-12-24-51(54)66-45-39-60-33-30-57-36-42-63-48-20-8-3-9-21-48;30-9-1(25(46,47)48)5(13(34)21(42)17(9)38)29(6-2(26(49,50)51)10(31)18(39)22(43)14(6)35,7-3(27(52,53)54)11(32)19(40)23(44)15(7)36)8-4(28(55,56)57)12(33)20(41)24(45)16(8)37/h1-27H,28-45H2;/q+1;-1. The Labute approximate surface area is 689 Å². The molecule has 0 N–H and O–H groups in total. The molecule has 10 aromatic rings. The van der Waals surface area contributed by atoms with E-state index in [2.05, 4.69) is 36.4 Å². The van der Waals surface area contributed by atoms with Gasteiger partial charge in [0.1, 0.15) is 46.7 Å². The Morgan fingerprint density at radius 3 is 0.565 bits per heavy atom. The fourth-order valence-corrected chi connectivity index (χ4v) is 17.5. The first-order chi connectivity index (χ1) is 58.9. The number of para-hydroxylation sites is 6. The smallest absolute Gasteiger partial charge is 0.0620 e. The summed E-state index contributed by atoms with van der Waals surface area (Å²) in [4.78, 5) is 0. The molecule has 0 aliphatic carbocycles. The Bertz CT molecular complexity index is 4640. The van der Waals surface area contributed by atoms with Crippen molar-refractivity contribution in [3.8, 4) is 34.5 Å². The summed E-state index contributed by atoms with van der Waals surface area (Å²) in [5.41, 5.74) is -38.1. The van der Waals surface area contributed by atoms with Gasteiger partial charge in [-0.3, -0.25) is 0 Å². The second-order valence-corrected chi connectivity index (χ2v) is 29.4. The van der Waals surface area contributed by atoms with Crippen molar-refractivity contribution in [2.24, 2.45) is 0 Å². The molecule has 0 spiro atoms. The first kappa shape index (κ1) is 97.2. The van der Waals surface area contributed by atoms with Crippen LogP contribution in [0.1, 0.15) is 22.3 Å². The Balaban J connectivity index is 0.000000285. The van der Waals surface area contributed by atoms with E-state index in [-0.39, 0.29) is 0 Å². The van der Waals surface area contributed by atoms with Crippen molar-refractivity contribution in [2.75, 3.05) is 119 Å². The summed E-state index contributed by atoms with van der Waals surface area (Å²) in [7, 11) is 0. The van der Waals surface area contributed by atoms with Crippen LogP contribution >= 0.6 is 0 Å². The van der Waals surface area contributed by atoms with Crippen LogP contribution < -0.4 is 63.7 Å². The van der Waals surface area contributed by atoms with Crippen LogP contribution in [0.15, 0.2) is 164 Å². The van der Waals surface area contributed by atoms with E-state index in [1.807, 2.05) is 127 Å². The van der Waals surface area contributed by atoms with Gasteiger partial charge < -0.3 is 0 Å². The third kappa shape index (κ3) is 23.3. The van der Waals surface area contributed by atoms with Crippen molar-refractivity contribution < 1.29 is 180 Å². The Morgan fingerprint density at radius 1 is 0.194 bits per heavy atom. The van der Waals surface area contributed by atoms with Crippen LogP contribution in [0.5, 0.6) is 34.5 Å². The topological polar surface area (TPSA) is 111 Å². The Morgan fingerprint density at radius 2 is 0.363 bits per heavy atom. The van der Waals surface area contributed by atoms with Gasteiger partial charge in [0.2, 0.25) is 0 Å². The molecule has 0 aromatic heterocycles. The predicted molar refractivity (Wildman–Crippen MR) is 391 cm³/mol. The van der Waals surface area contributed by atoms with Crippen molar-refractivity contribution >= 4 is 55.3 Å². The van der Waals surface area contributed by atoms with Crippen molar-refractivity contribution in [3.05, 3.63) is 279 Å². The van der Waals surface area contributed by atoms with Crippen molar-refractivity contribution in [3.63, 3.8) is 0 Å². The van der Waals surface area contributed by atoms with E-state index in [0.29, 0.717) is 119 Å². The number of alkyl halides is 12. The van der Waals surface area contributed by atoms with Gasteiger partial charge in [0.25, 0.3) is 0 Å². The number of benzene rings is 10. The minimum absolute atomic E-state index is 0.367. The monoisotopic (exact) mass is 1860 g/mol. The van der Waals surface area contributed by atoms with Crippen molar-refractivity contribution in [2.45, 2.75) is 24.7 Å². The van der Waals surface area contributed by atoms with Gasteiger partial charge in [-0.15, -0.1) is 21.9 Å². The van der Waals surface area contributed by atoms with Crippen LogP contribution in [0.2, 0.25) is 0 Å². The summed E-state index contributed by atoms with van der Waals surface area (Å²) in [6, 6.07) is 53.7. The summed E-state index contributed by atoms with van der Waals surface area (Å²) >= 11 is -2.13. The van der Waals surface area contributed by atoms with Gasteiger partial charge in [-0.2, -0.15) is 52.7 Å². The molecule has 0 heterocycles. The maximum absolute atomic E-state index is 16.0. The number of halogens is 28.